The van der Waals surface area contributed by atoms with E-state index in [2.05, 4.69) is 58.2 Å². The zero-order valence-corrected chi connectivity index (χ0v) is 24.5. The number of nitrogens with one attached hydrogen (secondary N) is 2. The standard InChI is InChI=1S/C30H43N3O4S/c1-29(2,3)22-10-12-24(13-11-22)38(35,36)33-16-7-8-23(33)19-28(34)32-26-15-17-37-27-18-21(9-14-25(26)27)20-31-30(4,5)6/h9-14,18,23,26,31H,7-8,15-17,19-20H2,1-6H3,(H,32,34)/t23-,26?/m0/s1. The number of nitrogens with zero attached hydrogens (tertiary/aromatic N) is 1. The Kier molecular flexibility index (Phi) is 8.26. The van der Waals surface area contributed by atoms with Crippen molar-refractivity contribution in [2.24, 2.45) is 0 Å². The van der Waals surface area contributed by atoms with Gasteiger partial charge in [-0.2, -0.15) is 4.31 Å². The molecule has 0 aliphatic carbocycles. The average molecular weight is 542 g/mol. The number of carbonyl (C=O) groups is 1. The molecule has 2 aromatic rings. The van der Waals surface area contributed by atoms with Gasteiger partial charge in [0, 0.05) is 43.1 Å². The lowest BCUT2D eigenvalue weighted by Crippen LogP contribution is -2.40. The van der Waals surface area contributed by atoms with Crippen LogP contribution in [0.1, 0.15) is 90.0 Å². The van der Waals surface area contributed by atoms with Crippen LogP contribution in [0.5, 0.6) is 5.75 Å². The van der Waals surface area contributed by atoms with Crippen molar-refractivity contribution in [2.45, 2.75) is 102 Å². The molecule has 0 aromatic heterocycles. The van der Waals surface area contributed by atoms with E-state index in [1.54, 1.807) is 12.1 Å². The maximum atomic E-state index is 13.5. The molecule has 2 atom stereocenters. The highest BCUT2D eigenvalue weighted by Crippen LogP contribution is 2.34. The lowest BCUT2D eigenvalue weighted by atomic mass is 9.87. The summed E-state index contributed by atoms with van der Waals surface area (Å²) in [6.45, 7) is 14.4. The largest absolute Gasteiger partial charge is 0.493 e. The number of hydrogen-bond acceptors (Lipinski definition) is 5. The van der Waals surface area contributed by atoms with Gasteiger partial charge >= 0.3 is 0 Å². The highest BCUT2D eigenvalue weighted by molar-refractivity contribution is 7.89. The monoisotopic (exact) mass is 541 g/mol. The zero-order valence-electron chi connectivity index (χ0n) is 23.6. The third-order valence-electron chi connectivity index (χ3n) is 7.35. The van der Waals surface area contributed by atoms with Gasteiger partial charge in [0.25, 0.3) is 0 Å². The zero-order chi connectivity index (χ0) is 27.7. The molecule has 2 aliphatic rings. The van der Waals surface area contributed by atoms with E-state index in [0.717, 1.165) is 35.4 Å². The SMILES string of the molecule is CC(C)(C)NCc1ccc2c(c1)OCCC2NC(=O)C[C@@H]1CCCN1S(=O)(=O)c1ccc(C(C)(C)C)cc1. The Balaban J connectivity index is 1.41. The van der Waals surface area contributed by atoms with Crippen LogP contribution in [-0.4, -0.2) is 43.4 Å². The predicted octanol–water partition coefficient (Wildman–Crippen LogP) is 5.06. The fourth-order valence-corrected chi connectivity index (χ4v) is 6.81. The fraction of sp³-hybridized carbons (Fsp3) is 0.567. The highest BCUT2D eigenvalue weighted by atomic mass is 32.2. The Morgan fingerprint density at radius 1 is 1.03 bits per heavy atom. The minimum absolute atomic E-state index is 0.0186. The van der Waals surface area contributed by atoms with Crippen molar-refractivity contribution in [1.29, 1.82) is 0 Å². The van der Waals surface area contributed by atoms with Crippen molar-refractivity contribution in [2.75, 3.05) is 13.2 Å². The number of fused-ring (bicyclic) bond motifs is 1. The Bertz CT molecular complexity index is 1240. The molecule has 1 unspecified atom stereocenters. The molecule has 38 heavy (non-hydrogen) atoms. The molecule has 8 heteroatoms. The lowest BCUT2D eigenvalue weighted by molar-refractivity contribution is -0.122. The smallest absolute Gasteiger partial charge is 0.243 e. The van der Waals surface area contributed by atoms with Crippen molar-refractivity contribution in [3.63, 3.8) is 0 Å². The number of amides is 1. The number of rotatable bonds is 7. The number of ether oxygens (including phenoxy) is 1. The fourth-order valence-electron chi connectivity index (χ4n) is 5.12. The molecule has 2 heterocycles. The Morgan fingerprint density at radius 2 is 1.74 bits per heavy atom. The first kappa shape index (κ1) is 28.6. The predicted molar refractivity (Wildman–Crippen MR) is 151 cm³/mol. The first-order chi connectivity index (χ1) is 17.7. The average Bonchev–Trinajstić information content (AvgIpc) is 3.31. The van der Waals surface area contributed by atoms with E-state index in [9.17, 15) is 13.2 Å². The van der Waals surface area contributed by atoms with Gasteiger partial charge in [-0.25, -0.2) is 8.42 Å². The minimum Gasteiger partial charge on any atom is -0.493 e. The Morgan fingerprint density at radius 3 is 2.39 bits per heavy atom. The van der Waals surface area contributed by atoms with Crippen molar-refractivity contribution < 1.29 is 17.9 Å². The van der Waals surface area contributed by atoms with E-state index >= 15 is 0 Å². The van der Waals surface area contributed by atoms with E-state index < -0.39 is 10.0 Å². The summed E-state index contributed by atoms with van der Waals surface area (Å²) >= 11 is 0. The Hall–Kier alpha value is -2.42. The molecule has 2 aliphatic heterocycles. The van der Waals surface area contributed by atoms with Gasteiger partial charge in [-0.3, -0.25) is 4.79 Å². The molecule has 0 radical (unpaired) electrons. The third kappa shape index (κ3) is 6.77. The van der Waals surface area contributed by atoms with Gasteiger partial charge in [0.15, 0.2) is 0 Å². The molecule has 0 saturated carbocycles. The second kappa shape index (κ2) is 11.0. The summed E-state index contributed by atoms with van der Waals surface area (Å²) in [5.41, 5.74) is 3.16. The van der Waals surface area contributed by atoms with Crippen LogP contribution < -0.4 is 15.4 Å². The molecule has 1 fully saturated rings. The highest BCUT2D eigenvalue weighted by Gasteiger charge is 2.37. The van der Waals surface area contributed by atoms with Gasteiger partial charge in [0.2, 0.25) is 15.9 Å². The van der Waals surface area contributed by atoms with Crippen LogP contribution >= 0.6 is 0 Å². The van der Waals surface area contributed by atoms with Crippen molar-refractivity contribution >= 4 is 15.9 Å². The summed E-state index contributed by atoms with van der Waals surface area (Å²) in [6.07, 6.45) is 2.27. The van der Waals surface area contributed by atoms with E-state index in [1.807, 2.05) is 24.3 Å². The molecule has 7 nitrogen and oxygen atoms in total. The summed E-state index contributed by atoms with van der Waals surface area (Å²) in [7, 11) is -3.67. The first-order valence-corrected chi connectivity index (χ1v) is 15.1. The second-order valence-electron chi connectivity index (χ2n) is 12.6. The van der Waals surface area contributed by atoms with E-state index in [4.69, 9.17) is 4.74 Å². The summed E-state index contributed by atoms with van der Waals surface area (Å²) in [5.74, 6) is 0.676. The summed E-state index contributed by atoms with van der Waals surface area (Å²) in [6, 6.07) is 12.8. The van der Waals surface area contributed by atoms with Gasteiger partial charge in [-0.05, 0) is 68.4 Å². The van der Waals surface area contributed by atoms with Gasteiger partial charge < -0.3 is 15.4 Å². The Labute approximate surface area is 228 Å². The quantitative estimate of drug-likeness (QED) is 0.512. The van der Waals surface area contributed by atoms with Crippen LogP contribution in [0.4, 0.5) is 0 Å². The summed E-state index contributed by atoms with van der Waals surface area (Å²) in [4.78, 5) is 13.4. The van der Waals surface area contributed by atoms with E-state index in [-0.39, 0.29) is 40.3 Å². The van der Waals surface area contributed by atoms with Crippen molar-refractivity contribution in [3.05, 3.63) is 59.2 Å². The normalized spacial score (nSPS) is 20.6. The lowest BCUT2D eigenvalue weighted by Gasteiger charge is -2.29. The molecule has 0 bridgehead atoms. The van der Waals surface area contributed by atoms with Gasteiger partial charge in [-0.1, -0.05) is 45.0 Å². The molecular formula is C30H43N3O4S. The number of carbonyl (C=O) groups excluding carboxylic acids is 1. The molecule has 1 saturated heterocycles. The van der Waals surface area contributed by atoms with Crippen LogP contribution in [-0.2, 0) is 26.8 Å². The van der Waals surface area contributed by atoms with Crippen molar-refractivity contribution in [3.8, 4) is 5.75 Å². The number of hydrogen-bond donors (Lipinski definition) is 2. The third-order valence-corrected chi connectivity index (χ3v) is 9.31. The van der Waals surface area contributed by atoms with Gasteiger partial charge in [0.05, 0.1) is 17.5 Å². The molecule has 2 N–H and O–H groups in total. The maximum Gasteiger partial charge on any atom is 0.243 e. The van der Waals surface area contributed by atoms with Crippen LogP contribution in [0.3, 0.4) is 0 Å². The van der Waals surface area contributed by atoms with Crippen LogP contribution in [0, 0.1) is 0 Å². The van der Waals surface area contributed by atoms with E-state index in [0.29, 0.717) is 26.0 Å². The molecule has 208 valence electrons. The first-order valence-electron chi connectivity index (χ1n) is 13.7. The summed E-state index contributed by atoms with van der Waals surface area (Å²) in [5, 5.41) is 6.64. The number of benzene rings is 2. The van der Waals surface area contributed by atoms with Gasteiger partial charge in [-0.15, -0.1) is 0 Å². The second-order valence-corrected chi connectivity index (χ2v) is 14.5. The molecule has 2 aromatic carbocycles. The molecule has 4 rings (SSSR count). The molecule has 1 amide bonds. The van der Waals surface area contributed by atoms with Gasteiger partial charge in [0.1, 0.15) is 5.75 Å². The maximum absolute atomic E-state index is 13.5. The van der Waals surface area contributed by atoms with Crippen LogP contribution in [0.25, 0.3) is 0 Å². The van der Waals surface area contributed by atoms with Crippen LogP contribution in [0.2, 0.25) is 0 Å². The molecular weight excluding hydrogens is 498 g/mol. The summed E-state index contributed by atoms with van der Waals surface area (Å²) < 4.78 is 34.4. The van der Waals surface area contributed by atoms with E-state index in [1.165, 1.54) is 4.31 Å². The van der Waals surface area contributed by atoms with Crippen LogP contribution in [0.15, 0.2) is 47.4 Å². The minimum atomic E-state index is -3.67. The molecule has 0 spiro atoms. The van der Waals surface area contributed by atoms with Crippen molar-refractivity contribution in [1.82, 2.24) is 14.9 Å². The number of sulfonamides is 1. The topological polar surface area (TPSA) is 87.7 Å².